The van der Waals surface area contributed by atoms with Gasteiger partial charge in [0.25, 0.3) is 0 Å². The minimum atomic E-state index is 0.427. The summed E-state index contributed by atoms with van der Waals surface area (Å²) in [4.78, 5) is 11.0. The van der Waals surface area contributed by atoms with Gasteiger partial charge in [-0.1, -0.05) is 0 Å². The Kier molecular flexibility index (Phi) is 3.78. The number of nitrogens with zero attached hydrogens (tertiary/aromatic N) is 2. The Bertz CT molecular complexity index is 530. The van der Waals surface area contributed by atoms with E-state index >= 15 is 0 Å². The van der Waals surface area contributed by atoms with Crippen molar-refractivity contribution in [2.45, 2.75) is 27.3 Å². The fourth-order valence-corrected chi connectivity index (χ4v) is 2.63. The van der Waals surface area contributed by atoms with E-state index in [2.05, 4.69) is 40.6 Å². The van der Waals surface area contributed by atoms with E-state index in [4.69, 9.17) is 5.84 Å². The highest BCUT2D eigenvalue weighted by molar-refractivity contribution is 7.12. The van der Waals surface area contributed by atoms with Crippen LogP contribution in [0, 0.1) is 20.8 Å². The number of hydrazine groups is 1. The molecule has 18 heavy (non-hydrogen) atoms. The third-order valence-corrected chi connectivity index (χ3v) is 3.80. The third-order valence-electron chi connectivity index (χ3n) is 2.64. The second kappa shape index (κ2) is 5.32. The van der Waals surface area contributed by atoms with E-state index in [1.54, 1.807) is 11.3 Å². The number of rotatable bonds is 4. The van der Waals surface area contributed by atoms with Crippen molar-refractivity contribution in [1.82, 2.24) is 9.97 Å². The molecule has 0 aliphatic heterocycles. The van der Waals surface area contributed by atoms with Gasteiger partial charge in [0, 0.05) is 21.5 Å². The summed E-state index contributed by atoms with van der Waals surface area (Å²) in [5.74, 6) is 6.52. The summed E-state index contributed by atoms with van der Waals surface area (Å²) in [7, 11) is 0. The number of nitrogens with two attached hydrogens (primary N) is 1. The van der Waals surface area contributed by atoms with Crippen molar-refractivity contribution >= 4 is 23.1 Å². The molecule has 0 fully saturated rings. The molecule has 2 heterocycles. The summed E-state index contributed by atoms with van der Waals surface area (Å²) in [6.07, 6.45) is 0. The number of hydrogen-bond acceptors (Lipinski definition) is 6. The SMILES string of the molecule is Cc1cc(NCc2cc(C)c(C)s2)nc(NN)n1. The Morgan fingerprint density at radius 2 is 2.00 bits per heavy atom. The number of aryl methyl sites for hydroxylation is 3. The summed E-state index contributed by atoms with van der Waals surface area (Å²) in [6.45, 7) is 6.93. The van der Waals surface area contributed by atoms with Crippen LogP contribution in [0.3, 0.4) is 0 Å². The van der Waals surface area contributed by atoms with Gasteiger partial charge < -0.3 is 5.32 Å². The maximum Gasteiger partial charge on any atom is 0.239 e. The first kappa shape index (κ1) is 12.8. The zero-order valence-corrected chi connectivity index (χ0v) is 11.6. The molecule has 2 rings (SSSR count). The summed E-state index contributed by atoms with van der Waals surface area (Å²) >= 11 is 1.80. The summed E-state index contributed by atoms with van der Waals surface area (Å²) in [5, 5.41) is 3.28. The Morgan fingerprint density at radius 1 is 1.22 bits per heavy atom. The Morgan fingerprint density at radius 3 is 2.61 bits per heavy atom. The number of thiophene rings is 1. The summed E-state index contributed by atoms with van der Waals surface area (Å²) in [5.41, 5.74) is 4.67. The molecule has 2 aromatic rings. The van der Waals surface area contributed by atoms with Crippen LogP contribution in [-0.2, 0) is 6.54 Å². The number of nitrogens with one attached hydrogen (secondary N) is 2. The molecule has 0 radical (unpaired) electrons. The van der Waals surface area contributed by atoms with Crippen LogP contribution in [0.5, 0.6) is 0 Å². The van der Waals surface area contributed by atoms with Crippen molar-refractivity contribution < 1.29 is 0 Å². The number of nitrogen functional groups attached to an aromatic ring is 1. The molecule has 0 amide bonds. The predicted molar refractivity (Wildman–Crippen MR) is 75.7 cm³/mol. The second-order valence-electron chi connectivity index (χ2n) is 4.17. The molecule has 0 saturated heterocycles. The molecule has 2 aromatic heterocycles. The van der Waals surface area contributed by atoms with E-state index in [-0.39, 0.29) is 0 Å². The molecule has 4 N–H and O–H groups in total. The molecular weight excluding hydrogens is 246 g/mol. The first-order chi connectivity index (χ1) is 8.58. The van der Waals surface area contributed by atoms with Crippen LogP contribution in [0.4, 0.5) is 11.8 Å². The Balaban J connectivity index is 2.07. The van der Waals surface area contributed by atoms with Gasteiger partial charge in [-0.15, -0.1) is 11.3 Å². The van der Waals surface area contributed by atoms with Crippen molar-refractivity contribution in [3.63, 3.8) is 0 Å². The molecule has 0 unspecified atom stereocenters. The largest absolute Gasteiger partial charge is 0.365 e. The van der Waals surface area contributed by atoms with Crippen LogP contribution in [0.15, 0.2) is 12.1 Å². The molecule has 0 atom stereocenters. The minimum absolute atomic E-state index is 0.427. The van der Waals surface area contributed by atoms with Crippen molar-refractivity contribution in [3.8, 4) is 0 Å². The molecule has 96 valence electrons. The van der Waals surface area contributed by atoms with Gasteiger partial charge in [0.15, 0.2) is 0 Å². The van der Waals surface area contributed by atoms with Gasteiger partial charge in [-0.3, -0.25) is 5.43 Å². The van der Waals surface area contributed by atoms with Crippen LogP contribution < -0.4 is 16.6 Å². The second-order valence-corrected chi connectivity index (χ2v) is 5.51. The quantitative estimate of drug-likeness (QED) is 0.583. The maximum absolute atomic E-state index is 5.32. The molecule has 0 aliphatic rings. The highest BCUT2D eigenvalue weighted by Gasteiger charge is 2.04. The fourth-order valence-electron chi connectivity index (χ4n) is 1.64. The molecule has 5 nitrogen and oxygen atoms in total. The molecule has 0 spiro atoms. The molecule has 0 aromatic carbocycles. The van der Waals surface area contributed by atoms with Gasteiger partial charge in [0.1, 0.15) is 5.82 Å². The van der Waals surface area contributed by atoms with Crippen LogP contribution in [0.1, 0.15) is 21.0 Å². The van der Waals surface area contributed by atoms with Crippen molar-refractivity contribution in [1.29, 1.82) is 0 Å². The zero-order chi connectivity index (χ0) is 13.1. The number of hydrogen-bond donors (Lipinski definition) is 3. The highest BCUT2D eigenvalue weighted by Crippen LogP contribution is 2.21. The van der Waals surface area contributed by atoms with Crippen LogP contribution >= 0.6 is 11.3 Å². The van der Waals surface area contributed by atoms with Crippen molar-refractivity contribution in [3.05, 3.63) is 33.1 Å². The smallest absolute Gasteiger partial charge is 0.239 e. The Labute approximate surface area is 110 Å². The van der Waals surface area contributed by atoms with Crippen molar-refractivity contribution in [2.75, 3.05) is 10.7 Å². The van der Waals surface area contributed by atoms with Gasteiger partial charge in [0.05, 0.1) is 6.54 Å². The average molecular weight is 263 g/mol. The van der Waals surface area contributed by atoms with E-state index in [0.29, 0.717) is 5.95 Å². The molecule has 0 bridgehead atoms. The number of aromatic nitrogens is 2. The topological polar surface area (TPSA) is 75.9 Å². The zero-order valence-electron chi connectivity index (χ0n) is 10.7. The van der Waals surface area contributed by atoms with Gasteiger partial charge in [-0.2, -0.15) is 4.98 Å². The fraction of sp³-hybridized carbons (Fsp3) is 0.333. The van der Waals surface area contributed by atoms with Gasteiger partial charge in [0.2, 0.25) is 5.95 Å². The van der Waals surface area contributed by atoms with Crippen LogP contribution in [0.25, 0.3) is 0 Å². The minimum Gasteiger partial charge on any atom is -0.365 e. The average Bonchev–Trinajstić information content (AvgIpc) is 2.65. The van der Waals surface area contributed by atoms with Crippen LogP contribution in [-0.4, -0.2) is 9.97 Å². The highest BCUT2D eigenvalue weighted by atomic mass is 32.1. The van der Waals surface area contributed by atoms with Gasteiger partial charge in [-0.05, 0) is 32.4 Å². The molecule has 6 heteroatoms. The Hall–Kier alpha value is -1.66. The van der Waals surface area contributed by atoms with Crippen molar-refractivity contribution in [2.24, 2.45) is 5.84 Å². The first-order valence-electron chi connectivity index (χ1n) is 5.70. The van der Waals surface area contributed by atoms with Gasteiger partial charge in [-0.25, -0.2) is 10.8 Å². The lowest BCUT2D eigenvalue weighted by Gasteiger charge is -2.06. The monoisotopic (exact) mass is 263 g/mol. The molecule has 0 aliphatic carbocycles. The van der Waals surface area contributed by atoms with Crippen LogP contribution in [0.2, 0.25) is 0 Å². The first-order valence-corrected chi connectivity index (χ1v) is 6.52. The van der Waals surface area contributed by atoms with E-state index < -0.39 is 0 Å². The molecular formula is C12H17N5S. The summed E-state index contributed by atoms with van der Waals surface area (Å²) in [6, 6.07) is 4.09. The normalized spacial score (nSPS) is 10.4. The summed E-state index contributed by atoms with van der Waals surface area (Å²) < 4.78 is 0. The maximum atomic E-state index is 5.32. The lowest BCUT2D eigenvalue weighted by molar-refractivity contribution is 1.05. The van der Waals surface area contributed by atoms with E-state index in [9.17, 15) is 0 Å². The standard InChI is InChI=1S/C12H17N5S/c1-7-4-10(18-9(7)3)6-14-11-5-8(2)15-12(16-11)17-13/h4-5H,6,13H2,1-3H3,(H2,14,15,16,17). The predicted octanol–water partition coefficient (Wildman–Crippen LogP) is 2.36. The third kappa shape index (κ3) is 2.96. The van der Waals surface area contributed by atoms with E-state index in [1.807, 2.05) is 13.0 Å². The molecule has 0 saturated carbocycles. The lowest BCUT2D eigenvalue weighted by atomic mass is 10.3. The van der Waals surface area contributed by atoms with E-state index in [0.717, 1.165) is 18.1 Å². The van der Waals surface area contributed by atoms with E-state index in [1.165, 1.54) is 15.3 Å². The number of anilines is 2. The lowest BCUT2D eigenvalue weighted by Crippen LogP contribution is -2.12. The van der Waals surface area contributed by atoms with Gasteiger partial charge >= 0.3 is 0 Å².